The molecule has 0 aromatic carbocycles. The summed E-state index contributed by atoms with van der Waals surface area (Å²) in [5, 5.41) is 24.0. The summed E-state index contributed by atoms with van der Waals surface area (Å²) in [6.45, 7) is 1.77. The van der Waals surface area contributed by atoms with Gasteiger partial charge in [-0.25, -0.2) is 19.7 Å². The van der Waals surface area contributed by atoms with Gasteiger partial charge in [0.25, 0.3) is 11.8 Å². The van der Waals surface area contributed by atoms with Gasteiger partial charge in [0.05, 0.1) is 6.33 Å². The Balaban J connectivity index is 1.02. The zero-order chi connectivity index (χ0) is 29.5. The molecule has 0 radical (unpaired) electrons. The number of aromatic nitrogens is 4. The number of nitrogens with two attached hydrogens (primary N) is 1. The van der Waals surface area contributed by atoms with E-state index < -0.39 is 42.6 Å². The molecular weight excluding hydrogens is 548 g/mol. The molecule has 0 spiro atoms. The SMILES string of the molecule is CN1CCC(OC(=O)N2CCC(CCCc3nc(N)c4ncn([C@@H]5O[C@H](C(=O)NC6CC6)[C@H](O)C5O)c4n3)CC2)C1=O. The Kier molecular flexibility index (Phi) is 7.89. The van der Waals surface area contributed by atoms with Crippen LogP contribution in [0.2, 0.25) is 0 Å². The zero-order valence-electron chi connectivity index (χ0n) is 23.6. The number of piperidine rings is 1. The number of aliphatic hydroxyl groups excluding tert-OH is 2. The van der Waals surface area contributed by atoms with Crippen molar-refractivity contribution in [1.29, 1.82) is 0 Å². The largest absolute Gasteiger partial charge is 0.436 e. The van der Waals surface area contributed by atoms with E-state index in [0.717, 1.165) is 38.5 Å². The van der Waals surface area contributed by atoms with Crippen molar-refractivity contribution in [1.82, 2.24) is 34.6 Å². The number of anilines is 1. The van der Waals surface area contributed by atoms with Gasteiger partial charge in [0, 0.05) is 45.6 Å². The Morgan fingerprint density at radius 3 is 2.57 bits per heavy atom. The average Bonchev–Trinajstić information content (AvgIpc) is 3.50. The minimum absolute atomic E-state index is 0.0915. The maximum atomic E-state index is 12.5. The second-order valence-corrected chi connectivity index (χ2v) is 11.8. The molecule has 5 atom stereocenters. The van der Waals surface area contributed by atoms with Crippen molar-refractivity contribution in [3.8, 4) is 0 Å². The van der Waals surface area contributed by atoms with Gasteiger partial charge < -0.3 is 40.5 Å². The average molecular weight is 587 g/mol. The fraction of sp³-hybridized carbons (Fsp3) is 0.704. The second-order valence-electron chi connectivity index (χ2n) is 11.8. The van der Waals surface area contributed by atoms with Gasteiger partial charge in [-0.2, -0.15) is 0 Å². The Bertz CT molecular complexity index is 1340. The molecule has 228 valence electrons. The van der Waals surface area contributed by atoms with Crippen molar-refractivity contribution in [3.63, 3.8) is 0 Å². The number of rotatable bonds is 8. The number of amides is 3. The molecule has 1 aliphatic carbocycles. The number of fused-ring (bicyclic) bond motifs is 1. The van der Waals surface area contributed by atoms with Crippen LogP contribution in [0.15, 0.2) is 6.33 Å². The van der Waals surface area contributed by atoms with Crippen molar-refractivity contribution in [2.45, 2.75) is 88.1 Å². The summed E-state index contributed by atoms with van der Waals surface area (Å²) in [5.41, 5.74) is 6.89. The van der Waals surface area contributed by atoms with Gasteiger partial charge in [-0.3, -0.25) is 14.2 Å². The van der Waals surface area contributed by atoms with Crippen molar-refractivity contribution in [3.05, 3.63) is 12.2 Å². The molecule has 5 heterocycles. The number of nitrogen functional groups attached to an aromatic ring is 1. The first-order chi connectivity index (χ1) is 20.2. The van der Waals surface area contributed by atoms with Gasteiger partial charge in [0.2, 0.25) is 0 Å². The number of ether oxygens (including phenoxy) is 2. The van der Waals surface area contributed by atoms with Crippen LogP contribution >= 0.6 is 0 Å². The molecule has 3 saturated heterocycles. The molecule has 0 bridgehead atoms. The van der Waals surface area contributed by atoms with Crippen molar-refractivity contribution < 1.29 is 34.1 Å². The molecule has 5 N–H and O–H groups in total. The van der Waals surface area contributed by atoms with Crippen LogP contribution in [0.5, 0.6) is 0 Å². The summed E-state index contributed by atoms with van der Waals surface area (Å²) in [4.78, 5) is 53.7. The monoisotopic (exact) mass is 586 g/mol. The Morgan fingerprint density at radius 2 is 1.88 bits per heavy atom. The molecule has 15 nitrogen and oxygen atoms in total. The first-order valence-corrected chi connectivity index (χ1v) is 14.7. The highest BCUT2D eigenvalue weighted by atomic mass is 16.6. The van der Waals surface area contributed by atoms with Crippen molar-refractivity contribution in [2.24, 2.45) is 5.92 Å². The Morgan fingerprint density at radius 1 is 1.12 bits per heavy atom. The van der Waals surface area contributed by atoms with Crippen LogP contribution in [0.3, 0.4) is 0 Å². The number of aliphatic hydroxyl groups is 2. The number of hydrogen-bond acceptors (Lipinski definition) is 11. The third-order valence-corrected chi connectivity index (χ3v) is 8.70. The van der Waals surface area contributed by atoms with E-state index in [0.29, 0.717) is 55.4 Å². The quantitative estimate of drug-likeness (QED) is 0.317. The van der Waals surface area contributed by atoms with Crippen molar-refractivity contribution >= 4 is 34.9 Å². The summed E-state index contributed by atoms with van der Waals surface area (Å²) >= 11 is 0. The predicted molar refractivity (Wildman–Crippen MR) is 147 cm³/mol. The van der Waals surface area contributed by atoms with E-state index in [1.807, 2.05) is 0 Å². The molecule has 1 saturated carbocycles. The third-order valence-electron chi connectivity index (χ3n) is 8.70. The van der Waals surface area contributed by atoms with Gasteiger partial charge in [-0.1, -0.05) is 0 Å². The summed E-state index contributed by atoms with van der Waals surface area (Å²) in [6.07, 6.45) is 1.58. The van der Waals surface area contributed by atoms with Crippen LogP contribution in [0.4, 0.5) is 10.6 Å². The lowest BCUT2D eigenvalue weighted by atomic mass is 9.91. The van der Waals surface area contributed by atoms with Gasteiger partial charge in [-0.15, -0.1) is 0 Å². The molecular formula is C27H38N8O7. The van der Waals surface area contributed by atoms with Crippen LogP contribution in [0.25, 0.3) is 11.2 Å². The molecule has 3 amide bonds. The van der Waals surface area contributed by atoms with E-state index in [2.05, 4.69) is 20.3 Å². The molecule has 4 aliphatic rings. The summed E-state index contributed by atoms with van der Waals surface area (Å²) in [5.74, 6) is 0.549. The molecule has 42 heavy (non-hydrogen) atoms. The predicted octanol–water partition coefficient (Wildman–Crippen LogP) is -0.292. The second kappa shape index (κ2) is 11.6. The van der Waals surface area contributed by atoms with E-state index in [-0.39, 0.29) is 17.8 Å². The lowest BCUT2D eigenvalue weighted by Crippen LogP contribution is -2.43. The van der Waals surface area contributed by atoms with Crippen LogP contribution in [-0.4, -0.2) is 115 Å². The maximum Gasteiger partial charge on any atom is 0.410 e. The Labute approximate surface area is 242 Å². The topological polar surface area (TPSA) is 198 Å². The van der Waals surface area contributed by atoms with Crippen LogP contribution in [0, 0.1) is 5.92 Å². The molecule has 4 fully saturated rings. The van der Waals surface area contributed by atoms with Gasteiger partial charge >= 0.3 is 6.09 Å². The Hall–Kier alpha value is -3.56. The van der Waals surface area contributed by atoms with E-state index in [9.17, 15) is 24.6 Å². The number of likely N-dealkylation sites (tertiary alicyclic amines) is 2. The highest BCUT2D eigenvalue weighted by molar-refractivity contribution is 5.85. The number of aryl methyl sites for hydroxylation is 1. The summed E-state index contributed by atoms with van der Waals surface area (Å²) in [7, 11) is 1.71. The van der Waals surface area contributed by atoms with E-state index in [4.69, 9.17) is 15.2 Å². The number of carbonyl (C=O) groups excluding carboxylic acids is 3. The molecule has 2 aromatic rings. The fourth-order valence-electron chi connectivity index (χ4n) is 5.95. The molecule has 15 heteroatoms. The minimum atomic E-state index is -1.40. The summed E-state index contributed by atoms with van der Waals surface area (Å²) < 4.78 is 12.7. The lowest BCUT2D eigenvalue weighted by Gasteiger charge is -2.31. The fourth-order valence-corrected chi connectivity index (χ4v) is 5.95. The van der Waals surface area contributed by atoms with Gasteiger partial charge in [0.1, 0.15) is 23.5 Å². The first kappa shape index (κ1) is 28.6. The van der Waals surface area contributed by atoms with E-state index >= 15 is 0 Å². The smallest absolute Gasteiger partial charge is 0.410 e. The molecule has 2 aromatic heterocycles. The number of carbonyl (C=O) groups is 3. The maximum absolute atomic E-state index is 12.5. The molecule has 3 aliphatic heterocycles. The number of hydrogen-bond donors (Lipinski definition) is 4. The molecule has 2 unspecified atom stereocenters. The van der Waals surface area contributed by atoms with Crippen LogP contribution in [0.1, 0.15) is 57.0 Å². The number of imidazole rings is 1. The zero-order valence-corrected chi connectivity index (χ0v) is 23.6. The highest BCUT2D eigenvalue weighted by Crippen LogP contribution is 2.33. The molecule has 6 rings (SSSR count). The minimum Gasteiger partial charge on any atom is -0.436 e. The van der Waals surface area contributed by atoms with Gasteiger partial charge in [-0.05, 0) is 44.4 Å². The first-order valence-electron chi connectivity index (χ1n) is 14.7. The highest BCUT2D eigenvalue weighted by Gasteiger charge is 2.48. The van der Waals surface area contributed by atoms with E-state index in [1.54, 1.807) is 16.8 Å². The van der Waals surface area contributed by atoms with Crippen LogP contribution < -0.4 is 11.1 Å². The summed E-state index contributed by atoms with van der Waals surface area (Å²) in [6, 6.07) is 0.0915. The number of likely N-dealkylation sites (N-methyl/N-ethyl adjacent to an activating group) is 1. The van der Waals surface area contributed by atoms with Crippen molar-refractivity contribution in [2.75, 3.05) is 32.4 Å². The number of nitrogens with zero attached hydrogens (tertiary/aromatic N) is 6. The van der Waals surface area contributed by atoms with Crippen LogP contribution in [-0.2, 0) is 25.5 Å². The normalized spacial score (nSPS) is 28.5. The van der Waals surface area contributed by atoms with Gasteiger partial charge in [0.15, 0.2) is 29.9 Å². The number of nitrogens with one attached hydrogen (secondary N) is 1. The third kappa shape index (κ3) is 5.72. The van der Waals surface area contributed by atoms with E-state index in [1.165, 1.54) is 10.9 Å². The standard InChI is InChI=1S/C27H38N8O7/c1-33-10-9-16(25(33)39)41-27(40)34-11-7-14(8-12-34)3-2-4-17-31-22(28)18-23(32-17)35(13-29-18)26-20(37)19(36)21(42-26)24(38)30-15-5-6-15/h13-16,19-21,26,36-37H,2-12H2,1H3,(H,30,38)(H2,28,31,32)/t16?,19-,20?,21+,26-/m1/s1. The lowest BCUT2D eigenvalue weighted by molar-refractivity contribution is -0.137.